The molecule has 1 aliphatic heterocycles. The number of ether oxygens (including phenoxy) is 1. The van der Waals surface area contributed by atoms with E-state index in [-0.39, 0.29) is 12.4 Å². The zero-order valence-corrected chi connectivity index (χ0v) is 12.9. The highest BCUT2D eigenvalue weighted by Gasteiger charge is 2.22. The highest BCUT2D eigenvalue weighted by molar-refractivity contribution is 5.27. The molecule has 1 N–H and O–H groups in total. The van der Waals surface area contributed by atoms with Gasteiger partial charge in [0.25, 0.3) is 0 Å². The summed E-state index contributed by atoms with van der Waals surface area (Å²) in [5, 5.41) is 9.29. The van der Waals surface area contributed by atoms with Crippen molar-refractivity contribution in [3.8, 4) is 5.75 Å². The van der Waals surface area contributed by atoms with Crippen molar-refractivity contribution >= 4 is 0 Å². The van der Waals surface area contributed by atoms with Crippen LogP contribution < -0.4 is 4.74 Å². The summed E-state index contributed by atoms with van der Waals surface area (Å²) in [4.78, 5) is 4.58. The maximum atomic E-state index is 12.1. The van der Waals surface area contributed by atoms with E-state index in [1.807, 2.05) is 0 Å². The fraction of sp³-hybridized carbons (Fsp3) is 0.625. The van der Waals surface area contributed by atoms with E-state index >= 15 is 0 Å². The van der Waals surface area contributed by atoms with Crippen LogP contribution in [0.5, 0.6) is 5.75 Å². The second-order valence-electron chi connectivity index (χ2n) is 5.75. The van der Waals surface area contributed by atoms with Gasteiger partial charge >= 0.3 is 6.61 Å². The fourth-order valence-electron chi connectivity index (χ4n) is 2.89. The van der Waals surface area contributed by atoms with Gasteiger partial charge in [0, 0.05) is 19.1 Å². The minimum Gasteiger partial charge on any atom is -0.435 e. The Bertz CT molecular complexity index is 434. The Balaban J connectivity index is 1.95. The van der Waals surface area contributed by atoms with Crippen molar-refractivity contribution in [1.82, 2.24) is 9.80 Å². The van der Waals surface area contributed by atoms with Crippen molar-refractivity contribution in [3.05, 3.63) is 29.8 Å². The summed E-state index contributed by atoms with van der Waals surface area (Å²) in [7, 11) is 2.12. The number of hydrogen-bond acceptors (Lipinski definition) is 4. The first kappa shape index (κ1) is 17.1. The quantitative estimate of drug-likeness (QED) is 0.837. The summed E-state index contributed by atoms with van der Waals surface area (Å²) in [6, 6.07) is 7.19. The first-order chi connectivity index (χ1) is 10.6. The molecule has 1 aromatic carbocycles. The van der Waals surface area contributed by atoms with Gasteiger partial charge in [-0.05, 0) is 50.7 Å². The molecule has 22 heavy (non-hydrogen) atoms. The maximum Gasteiger partial charge on any atom is 0.387 e. The molecule has 0 aliphatic carbocycles. The van der Waals surface area contributed by atoms with Gasteiger partial charge in [-0.15, -0.1) is 0 Å². The molecular formula is C16H24F2N2O2. The van der Waals surface area contributed by atoms with Crippen LogP contribution in [-0.2, 0) is 6.54 Å². The lowest BCUT2D eigenvalue weighted by atomic mass is 10.0. The zero-order valence-electron chi connectivity index (χ0n) is 12.9. The van der Waals surface area contributed by atoms with Gasteiger partial charge in [-0.2, -0.15) is 8.78 Å². The standard InChI is InChI=1S/C16H24F2N2O2/c1-19-8-6-14(7-9-19)20(10-11-21)12-13-2-4-15(5-3-13)22-16(17)18/h2-5,14,16,21H,6-12H2,1H3. The molecule has 1 heterocycles. The first-order valence-electron chi connectivity index (χ1n) is 7.65. The second-order valence-corrected chi connectivity index (χ2v) is 5.75. The first-order valence-corrected chi connectivity index (χ1v) is 7.65. The molecule has 1 saturated heterocycles. The molecule has 0 spiro atoms. The van der Waals surface area contributed by atoms with Crippen LogP contribution in [0.4, 0.5) is 8.78 Å². The van der Waals surface area contributed by atoms with Crippen molar-refractivity contribution in [3.63, 3.8) is 0 Å². The number of piperidine rings is 1. The van der Waals surface area contributed by atoms with Gasteiger partial charge < -0.3 is 14.7 Å². The monoisotopic (exact) mass is 314 g/mol. The smallest absolute Gasteiger partial charge is 0.387 e. The number of aliphatic hydroxyl groups is 1. The van der Waals surface area contributed by atoms with Crippen molar-refractivity contribution in [1.29, 1.82) is 0 Å². The number of hydrogen-bond donors (Lipinski definition) is 1. The SMILES string of the molecule is CN1CCC(N(CCO)Cc2ccc(OC(F)F)cc2)CC1. The van der Waals surface area contributed by atoms with Crippen LogP contribution >= 0.6 is 0 Å². The molecule has 0 saturated carbocycles. The van der Waals surface area contributed by atoms with Crippen LogP contribution in [0.25, 0.3) is 0 Å². The maximum absolute atomic E-state index is 12.1. The molecule has 0 atom stereocenters. The van der Waals surface area contributed by atoms with Gasteiger partial charge in [0.05, 0.1) is 6.61 Å². The third-order valence-corrected chi connectivity index (χ3v) is 4.13. The minimum absolute atomic E-state index is 0.124. The topological polar surface area (TPSA) is 35.9 Å². The summed E-state index contributed by atoms with van der Waals surface area (Å²) >= 11 is 0. The van der Waals surface area contributed by atoms with Gasteiger partial charge in [-0.1, -0.05) is 12.1 Å². The number of aliphatic hydroxyl groups excluding tert-OH is 1. The van der Waals surface area contributed by atoms with E-state index in [4.69, 9.17) is 0 Å². The van der Waals surface area contributed by atoms with E-state index in [1.165, 1.54) is 0 Å². The van der Waals surface area contributed by atoms with Crippen molar-refractivity contribution in [2.45, 2.75) is 32.0 Å². The molecule has 1 fully saturated rings. The van der Waals surface area contributed by atoms with Gasteiger partial charge in [0.2, 0.25) is 0 Å². The lowest BCUT2D eigenvalue weighted by Gasteiger charge is -2.37. The Hall–Kier alpha value is -1.24. The molecule has 0 radical (unpaired) electrons. The van der Waals surface area contributed by atoms with E-state index in [0.717, 1.165) is 31.5 Å². The Morgan fingerprint density at radius 3 is 2.45 bits per heavy atom. The lowest BCUT2D eigenvalue weighted by Crippen LogP contribution is -2.44. The van der Waals surface area contributed by atoms with Gasteiger partial charge in [0.1, 0.15) is 5.75 Å². The molecule has 6 heteroatoms. The number of benzene rings is 1. The molecular weight excluding hydrogens is 290 g/mol. The van der Waals surface area contributed by atoms with E-state index < -0.39 is 6.61 Å². The van der Waals surface area contributed by atoms with E-state index in [2.05, 4.69) is 21.6 Å². The number of likely N-dealkylation sites (tertiary alicyclic amines) is 1. The zero-order chi connectivity index (χ0) is 15.9. The molecule has 0 bridgehead atoms. The Morgan fingerprint density at radius 2 is 1.91 bits per heavy atom. The summed E-state index contributed by atoms with van der Waals surface area (Å²) < 4.78 is 28.6. The van der Waals surface area contributed by atoms with Crippen molar-refractivity contribution in [2.75, 3.05) is 33.3 Å². The highest BCUT2D eigenvalue weighted by Crippen LogP contribution is 2.20. The normalized spacial score (nSPS) is 17.4. The van der Waals surface area contributed by atoms with Crippen molar-refractivity contribution < 1.29 is 18.6 Å². The molecule has 1 aliphatic rings. The van der Waals surface area contributed by atoms with Crippen molar-refractivity contribution in [2.24, 2.45) is 0 Å². The summed E-state index contributed by atoms with van der Waals surface area (Å²) in [6.45, 7) is 0.796. The van der Waals surface area contributed by atoms with E-state index in [0.29, 0.717) is 19.1 Å². The van der Waals surface area contributed by atoms with Crippen LogP contribution in [0, 0.1) is 0 Å². The number of rotatable bonds is 7. The van der Waals surface area contributed by atoms with Crippen LogP contribution in [0.1, 0.15) is 18.4 Å². The van der Waals surface area contributed by atoms with Crippen LogP contribution in [0.15, 0.2) is 24.3 Å². The highest BCUT2D eigenvalue weighted by atomic mass is 19.3. The van der Waals surface area contributed by atoms with Crippen LogP contribution in [0.2, 0.25) is 0 Å². The molecule has 1 aromatic rings. The van der Waals surface area contributed by atoms with Crippen LogP contribution in [-0.4, -0.2) is 60.8 Å². The molecule has 4 nitrogen and oxygen atoms in total. The van der Waals surface area contributed by atoms with E-state index in [1.54, 1.807) is 24.3 Å². The average Bonchev–Trinajstić information content (AvgIpc) is 2.49. The number of nitrogens with zero attached hydrogens (tertiary/aromatic N) is 2. The molecule has 124 valence electrons. The third-order valence-electron chi connectivity index (χ3n) is 4.13. The predicted octanol–water partition coefficient (Wildman–Crippen LogP) is 2.18. The van der Waals surface area contributed by atoms with E-state index in [9.17, 15) is 13.9 Å². The number of halogens is 2. The van der Waals surface area contributed by atoms with Crippen LogP contribution in [0.3, 0.4) is 0 Å². The number of alkyl halides is 2. The largest absolute Gasteiger partial charge is 0.435 e. The fourth-order valence-corrected chi connectivity index (χ4v) is 2.89. The van der Waals surface area contributed by atoms with Gasteiger partial charge in [0.15, 0.2) is 0 Å². The Morgan fingerprint density at radius 1 is 1.27 bits per heavy atom. The second kappa shape index (κ2) is 8.41. The van der Waals surface area contributed by atoms with Gasteiger partial charge in [-0.3, -0.25) is 4.90 Å². The molecule has 0 unspecified atom stereocenters. The summed E-state index contributed by atoms with van der Waals surface area (Å²) in [6.07, 6.45) is 2.17. The third kappa shape index (κ3) is 5.19. The molecule has 0 amide bonds. The minimum atomic E-state index is -2.80. The summed E-state index contributed by atoms with van der Waals surface area (Å²) in [5.41, 5.74) is 1.04. The Kier molecular flexibility index (Phi) is 6.54. The molecule has 0 aromatic heterocycles. The average molecular weight is 314 g/mol. The lowest BCUT2D eigenvalue weighted by molar-refractivity contribution is -0.0498. The summed E-state index contributed by atoms with van der Waals surface area (Å²) in [5.74, 6) is 0.173. The molecule has 2 rings (SSSR count). The van der Waals surface area contributed by atoms with Gasteiger partial charge in [-0.25, -0.2) is 0 Å². The Labute approximate surface area is 130 Å². The predicted molar refractivity (Wildman–Crippen MR) is 81.1 cm³/mol.